The van der Waals surface area contributed by atoms with E-state index in [4.69, 9.17) is 21.7 Å². The van der Waals surface area contributed by atoms with Gasteiger partial charge in [0.1, 0.15) is 5.69 Å². The summed E-state index contributed by atoms with van der Waals surface area (Å²) >= 11 is 5.13. The molecule has 0 spiro atoms. The number of nitrogens with zero attached hydrogens (tertiary/aromatic N) is 2. The van der Waals surface area contributed by atoms with Gasteiger partial charge in [-0.3, -0.25) is 14.8 Å². The van der Waals surface area contributed by atoms with Crippen molar-refractivity contribution in [1.29, 1.82) is 0 Å². The Morgan fingerprint density at radius 1 is 1.25 bits per heavy atom. The number of aryl methyl sites for hydroxylation is 1. The number of aromatic nitrogens is 2. The molecule has 1 aromatic heterocycles. The van der Waals surface area contributed by atoms with E-state index in [-0.39, 0.29) is 11.0 Å². The first-order valence-corrected chi connectivity index (χ1v) is 7.74. The van der Waals surface area contributed by atoms with Crippen molar-refractivity contribution < 1.29 is 14.3 Å². The third kappa shape index (κ3) is 4.45. The molecule has 2 aromatic rings. The van der Waals surface area contributed by atoms with E-state index < -0.39 is 0 Å². The van der Waals surface area contributed by atoms with Crippen molar-refractivity contribution >= 4 is 23.2 Å². The van der Waals surface area contributed by atoms with E-state index in [0.717, 1.165) is 12.0 Å². The van der Waals surface area contributed by atoms with Crippen molar-refractivity contribution in [2.75, 3.05) is 20.8 Å². The summed E-state index contributed by atoms with van der Waals surface area (Å²) in [5, 5.41) is 9.86. The zero-order chi connectivity index (χ0) is 17.5. The molecule has 7 nitrogen and oxygen atoms in total. The molecule has 0 saturated heterocycles. The number of hydrogen-bond acceptors (Lipinski definition) is 5. The summed E-state index contributed by atoms with van der Waals surface area (Å²) in [5.74, 6) is 1.08. The zero-order valence-corrected chi connectivity index (χ0v) is 14.6. The molecule has 0 aliphatic rings. The first-order chi connectivity index (χ1) is 11.5. The Hall–Kier alpha value is -2.61. The fourth-order valence-electron chi connectivity index (χ4n) is 2.16. The van der Waals surface area contributed by atoms with E-state index in [1.165, 1.54) is 4.68 Å². The van der Waals surface area contributed by atoms with E-state index in [9.17, 15) is 4.79 Å². The Morgan fingerprint density at radius 2 is 2.00 bits per heavy atom. The SMILES string of the molecule is COc1ccc(CCNC(=S)NC(=O)c2ccnn2C)cc1OC. The molecule has 0 saturated carbocycles. The van der Waals surface area contributed by atoms with Gasteiger partial charge in [0.05, 0.1) is 14.2 Å². The number of methoxy groups -OCH3 is 2. The Balaban J connectivity index is 1.82. The fraction of sp³-hybridized carbons (Fsp3) is 0.312. The first-order valence-electron chi connectivity index (χ1n) is 7.33. The van der Waals surface area contributed by atoms with E-state index in [1.54, 1.807) is 33.5 Å². The molecule has 1 amide bonds. The summed E-state index contributed by atoms with van der Waals surface area (Å²) in [6.45, 7) is 0.583. The van der Waals surface area contributed by atoms with Crippen LogP contribution in [0.1, 0.15) is 16.1 Å². The van der Waals surface area contributed by atoms with Gasteiger partial charge < -0.3 is 14.8 Å². The third-order valence-electron chi connectivity index (χ3n) is 3.43. The minimum atomic E-state index is -0.293. The van der Waals surface area contributed by atoms with Crippen LogP contribution >= 0.6 is 12.2 Å². The number of amides is 1. The Bertz CT molecular complexity index is 730. The zero-order valence-electron chi connectivity index (χ0n) is 13.8. The molecular weight excluding hydrogens is 328 g/mol. The van der Waals surface area contributed by atoms with Crippen LogP contribution < -0.4 is 20.1 Å². The van der Waals surface area contributed by atoms with Gasteiger partial charge >= 0.3 is 0 Å². The third-order valence-corrected chi connectivity index (χ3v) is 3.67. The maximum atomic E-state index is 12.0. The van der Waals surface area contributed by atoms with Crippen molar-refractivity contribution in [1.82, 2.24) is 20.4 Å². The second kappa shape index (κ2) is 8.30. The molecule has 0 aliphatic heterocycles. The lowest BCUT2D eigenvalue weighted by molar-refractivity contribution is 0.0967. The van der Waals surface area contributed by atoms with E-state index in [1.807, 2.05) is 18.2 Å². The van der Waals surface area contributed by atoms with Gasteiger partial charge in [-0.05, 0) is 42.4 Å². The largest absolute Gasteiger partial charge is 0.493 e. The Kier molecular flexibility index (Phi) is 6.14. The van der Waals surface area contributed by atoms with Crippen molar-refractivity contribution in [3.8, 4) is 11.5 Å². The van der Waals surface area contributed by atoms with Crippen molar-refractivity contribution in [3.63, 3.8) is 0 Å². The number of hydrogen-bond donors (Lipinski definition) is 2. The number of carbonyl (C=O) groups excluding carboxylic acids is 1. The lowest BCUT2D eigenvalue weighted by atomic mass is 10.1. The molecule has 0 unspecified atom stereocenters. The molecule has 8 heteroatoms. The predicted molar refractivity (Wildman–Crippen MR) is 94.5 cm³/mol. The maximum Gasteiger partial charge on any atom is 0.275 e. The monoisotopic (exact) mass is 348 g/mol. The van der Waals surface area contributed by atoms with Gasteiger partial charge in [-0.15, -0.1) is 0 Å². The van der Waals surface area contributed by atoms with Gasteiger partial charge in [0.25, 0.3) is 5.91 Å². The summed E-state index contributed by atoms with van der Waals surface area (Å²) in [6.07, 6.45) is 2.28. The van der Waals surface area contributed by atoms with Crippen LogP contribution in [0.3, 0.4) is 0 Å². The van der Waals surface area contributed by atoms with E-state index in [2.05, 4.69) is 15.7 Å². The summed E-state index contributed by atoms with van der Waals surface area (Å²) < 4.78 is 12.0. The van der Waals surface area contributed by atoms with E-state index in [0.29, 0.717) is 23.7 Å². The van der Waals surface area contributed by atoms with Gasteiger partial charge in [0.2, 0.25) is 0 Å². The standard InChI is InChI=1S/C16H20N4O3S/c1-20-12(7-9-18-20)15(21)19-16(24)17-8-6-11-4-5-13(22-2)14(10-11)23-3/h4-5,7,9-10H,6,8H2,1-3H3,(H2,17,19,21,24). The highest BCUT2D eigenvalue weighted by Crippen LogP contribution is 2.27. The Labute approximate surface area is 145 Å². The van der Waals surface area contributed by atoms with Gasteiger partial charge in [0, 0.05) is 19.8 Å². The molecule has 2 N–H and O–H groups in total. The second-order valence-corrected chi connectivity index (χ2v) is 5.40. The van der Waals surface area contributed by atoms with Crippen LogP contribution in [0.4, 0.5) is 0 Å². The van der Waals surface area contributed by atoms with E-state index >= 15 is 0 Å². The lowest BCUT2D eigenvalue weighted by Gasteiger charge is -2.11. The van der Waals surface area contributed by atoms with Gasteiger partial charge in [0.15, 0.2) is 16.6 Å². The number of ether oxygens (including phenoxy) is 2. The number of nitrogens with one attached hydrogen (secondary N) is 2. The minimum absolute atomic E-state index is 0.279. The number of thiocarbonyl (C=S) groups is 1. The van der Waals surface area contributed by atoms with Crippen LogP contribution in [0.5, 0.6) is 11.5 Å². The normalized spacial score (nSPS) is 10.1. The molecule has 0 bridgehead atoms. The molecular formula is C16H20N4O3S. The summed E-state index contributed by atoms with van der Waals surface area (Å²) in [5.41, 5.74) is 1.51. The van der Waals surface area contributed by atoms with Crippen molar-refractivity contribution in [3.05, 3.63) is 41.7 Å². The molecule has 0 atom stereocenters. The first kappa shape index (κ1) is 17.7. The molecule has 24 heavy (non-hydrogen) atoms. The highest BCUT2D eigenvalue weighted by atomic mass is 32.1. The summed E-state index contributed by atoms with van der Waals surface area (Å²) in [4.78, 5) is 12.0. The van der Waals surface area contributed by atoms with Gasteiger partial charge in [-0.25, -0.2) is 0 Å². The average molecular weight is 348 g/mol. The molecule has 1 heterocycles. The molecule has 0 radical (unpaired) electrons. The lowest BCUT2D eigenvalue weighted by Crippen LogP contribution is -2.40. The van der Waals surface area contributed by atoms with Crippen molar-refractivity contribution in [2.45, 2.75) is 6.42 Å². The molecule has 1 aromatic carbocycles. The average Bonchev–Trinajstić information content (AvgIpc) is 3.00. The Morgan fingerprint density at radius 3 is 2.62 bits per heavy atom. The van der Waals surface area contributed by atoms with Crippen LogP contribution in [0.25, 0.3) is 0 Å². The maximum absolute atomic E-state index is 12.0. The minimum Gasteiger partial charge on any atom is -0.493 e. The van der Waals surface area contributed by atoms with Crippen LogP contribution in [0.15, 0.2) is 30.5 Å². The smallest absolute Gasteiger partial charge is 0.275 e. The van der Waals surface area contributed by atoms with Crippen molar-refractivity contribution in [2.24, 2.45) is 7.05 Å². The number of carbonyl (C=O) groups is 1. The quantitative estimate of drug-likeness (QED) is 0.766. The fourth-order valence-corrected chi connectivity index (χ4v) is 2.36. The van der Waals surface area contributed by atoms with Crippen LogP contribution in [0.2, 0.25) is 0 Å². The highest BCUT2D eigenvalue weighted by Gasteiger charge is 2.11. The number of benzene rings is 1. The van der Waals surface area contributed by atoms with Crippen LogP contribution in [-0.4, -0.2) is 41.6 Å². The highest BCUT2D eigenvalue weighted by molar-refractivity contribution is 7.80. The van der Waals surface area contributed by atoms with Crippen LogP contribution in [0, 0.1) is 0 Å². The molecule has 2 rings (SSSR count). The molecule has 0 aliphatic carbocycles. The summed E-state index contributed by atoms with van der Waals surface area (Å²) in [6, 6.07) is 7.36. The second-order valence-electron chi connectivity index (χ2n) is 4.99. The topological polar surface area (TPSA) is 77.4 Å². The van der Waals surface area contributed by atoms with Gasteiger partial charge in [-0.2, -0.15) is 5.10 Å². The van der Waals surface area contributed by atoms with Crippen LogP contribution in [-0.2, 0) is 13.5 Å². The van der Waals surface area contributed by atoms with Gasteiger partial charge in [-0.1, -0.05) is 6.07 Å². The number of rotatable bonds is 6. The molecule has 0 fully saturated rings. The molecule has 128 valence electrons. The summed E-state index contributed by atoms with van der Waals surface area (Å²) in [7, 11) is 4.90. The predicted octanol–water partition coefficient (Wildman–Crippen LogP) is 1.28.